The Morgan fingerprint density at radius 3 is 2.64 bits per heavy atom. The van der Waals surface area contributed by atoms with Gasteiger partial charge in [0, 0.05) is 25.5 Å². The molecule has 36 heavy (non-hydrogen) atoms. The monoisotopic (exact) mass is 489 g/mol. The zero-order valence-corrected chi connectivity index (χ0v) is 21.1. The molecule has 2 aromatic heterocycles. The second-order valence-electron chi connectivity index (χ2n) is 8.33. The first kappa shape index (κ1) is 24.9. The van der Waals surface area contributed by atoms with E-state index in [9.17, 15) is 4.79 Å². The van der Waals surface area contributed by atoms with E-state index in [1.165, 1.54) is 0 Å². The molecule has 0 aliphatic heterocycles. The molecule has 0 saturated heterocycles. The molecule has 0 fully saturated rings. The SMILES string of the molecule is CCCN(CCC)C(=O)COc1ccc(/C=N/Nc2nnc3c4ccccc4n(C)c3n2)cc1OC. The van der Waals surface area contributed by atoms with Gasteiger partial charge in [0.2, 0.25) is 0 Å². The van der Waals surface area contributed by atoms with Crippen LogP contribution in [0.1, 0.15) is 32.3 Å². The summed E-state index contributed by atoms with van der Waals surface area (Å²) in [5, 5.41) is 13.7. The number of nitrogens with one attached hydrogen (secondary N) is 1. The minimum atomic E-state index is -0.0354. The number of hydrazone groups is 1. The summed E-state index contributed by atoms with van der Waals surface area (Å²) in [6.45, 7) is 5.52. The van der Waals surface area contributed by atoms with Gasteiger partial charge < -0.3 is 18.9 Å². The molecule has 0 spiro atoms. The lowest BCUT2D eigenvalue weighted by Crippen LogP contribution is -2.36. The summed E-state index contributed by atoms with van der Waals surface area (Å²) in [4.78, 5) is 18.9. The second-order valence-corrected chi connectivity index (χ2v) is 8.33. The molecule has 0 atom stereocenters. The fourth-order valence-corrected chi connectivity index (χ4v) is 4.03. The van der Waals surface area contributed by atoms with E-state index in [0.717, 1.165) is 53.6 Å². The van der Waals surface area contributed by atoms with Gasteiger partial charge in [0.25, 0.3) is 11.9 Å². The molecule has 1 amide bonds. The Morgan fingerprint density at radius 2 is 1.89 bits per heavy atom. The van der Waals surface area contributed by atoms with Crippen molar-refractivity contribution in [2.75, 3.05) is 32.2 Å². The number of para-hydroxylation sites is 1. The van der Waals surface area contributed by atoms with Crippen LogP contribution in [0.2, 0.25) is 0 Å². The summed E-state index contributed by atoms with van der Waals surface area (Å²) in [5.41, 5.74) is 6.11. The van der Waals surface area contributed by atoms with Crippen LogP contribution in [-0.4, -0.2) is 63.6 Å². The van der Waals surface area contributed by atoms with E-state index in [2.05, 4.69) is 39.6 Å². The highest BCUT2D eigenvalue weighted by atomic mass is 16.5. The number of nitrogens with zero attached hydrogens (tertiary/aromatic N) is 6. The van der Waals surface area contributed by atoms with Crippen LogP contribution in [0.25, 0.3) is 22.1 Å². The lowest BCUT2D eigenvalue weighted by molar-refractivity contribution is -0.133. The summed E-state index contributed by atoms with van der Waals surface area (Å²) in [7, 11) is 3.50. The van der Waals surface area contributed by atoms with E-state index in [4.69, 9.17) is 9.47 Å². The van der Waals surface area contributed by atoms with E-state index < -0.39 is 0 Å². The van der Waals surface area contributed by atoms with Crippen LogP contribution in [0.3, 0.4) is 0 Å². The molecule has 4 rings (SSSR count). The molecule has 2 aromatic carbocycles. The number of amides is 1. The summed E-state index contributed by atoms with van der Waals surface area (Å²) in [6, 6.07) is 13.3. The van der Waals surface area contributed by atoms with Crippen molar-refractivity contribution in [3.63, 3.8) is 0 Å². The first-order chi connectivity index (χ1) is 17.5. The van der Waals surface area contributed by atoms with Gasteiger partial charge in [-0.3, -0.25) is 4.79 Å². The lowest BCUT2D eigenvalue weighted by Gasteiger charge is -2.21. The molecule has 4 aromatic rings. The highest BCUT2D eigenvalue weighted by Crippen LogP contribution is 2.28. The minimum absolute atomic E-state index is 0.0349. The van der Waals surface area contributed by atoms with Crippen LogP contribution in [0, 0.1) is 0 Å². The van der Waals surface area contributed by atoms with Crippen molar-refractivity contribution in [3.8, 4) is 11.5 Å². The Balaban J connectivity index is 1.42. The smallest absolute Gasteiger partial charge is 0.265 e. The standard InChI is InChI=1S/C26H31N7O3/c1-5-13-33(14-6-2)23(34)17-36-21-12-11-18(15-22(21)35-4)16-27-30-26-28-25-24(29-31-26)19-9-7-8-10-20(19)32(25)3/h7-12,15-16H,5-6,13-14,17H2,1-4H3,(H,28,30,31)/b27-16+. The largest absolute Gasteiger partial charge is 0.493 e. The first-order valence-corrected chi connectivity index (χ1v) is 12.0. The zero-order valence-electron chi connectivity index (χ0n) is 21.1. The molecular formula is C26H31N7O3. The maximum absolute atomic E-state index is 12.5. The Kier molecular flexibility index (Phi) is 7.94. The molecule has 2 heterocycles. The van der Waals surface area contributed by atoms with Gasteiger partial charge >= 0.3 is 0 Å². The van der Waals surface area contributed by atoms with E-state index in [0.29, 0.717) is 17.4 Å². The van der Waals surface area contributed by atoms with Crippen molar-refractivity contribution in [3.05, 3.63) is 48.0 Å². The predicted molar refractivity (Wildman–Crippen MR) is 141 cm³/mol. The Hall–Kier alpha value is -4.21. The topological polar surface area (TPSA) is 107 Å². The van der Waals surface area contributed by atoms with E-state index in [1.54, 1.807) is 25.5 Å². The maximum atomic E-state index is 12.5. The predicted octanol–water partition coefficient (Wildman–Crippen LogP) is 4.00. The molecular weight excluding hydrogens is 458 g/mol. The van der Waals surface area contributed by atoms with Crippen LogP contribution in [-0.2, 0) is 11.8 Å². The van der Waals surface area contributed by atoms with Gasteiger partial charge in [0.15, 0.2) is 23.8 Å². The highest BCUT2D eigenvalue weighted by molar-refractivity contribution is 6.04. The number of benzene rings is 2. The average Bonchev–Trinajstić information content (AvgIpc) is 3.19. The third-order valence-corrected chi connectivity index (χ3v) is 5.76. The number of hydrogen-bond acceptors (Lipinski definition) is 8. The third-order valence-electron chi connectivity index (χ3n) is 5.76. The van der Waals surface area contributed by atoms with Gasteiger partial charge in [0.1, 0.15) is 5.52 Å². The number of methoxy groups -OCH3 is 1. The Labute approximate surface area is 209 Å². The molecule has 0 aliphatic carbocycles. The number of ether oxygens (including phenoxy) is 2. The number of fused-ring (bicyclic) bond motifs is 3. The third kappa shape index (κ3) is 5.37. The van der Waals surface area contributed by atoms with Gasteiger partial charge in [-0.25, -0.2) is 5.43 Å². The molecule has 0 unspecified atom stereocenters. The van der Waals surface area contributed by atoms with Crippen molar-refractivity contribution >= 4 is 40.1 Å². The van der Waals surface area contributed by atoms with E-state index >= 15 is 0 Å². The van der Waals surface area contributed by atoms with E-state index in [-0.39, 0.29) is 12.5 Å². The van der Waals surface area contributed by atoms with Gasteiger partial charge in [-0.2, -0.15) is 10.1 Å². The normalized spacial score (nSPS) is 11.3. The zero-order chi connectivity index (χ0) is 25.5. The summed E-state index contributed by atoms with van der Waals surface area (Å²) >= 11 is 0. The summed E-state index contributed by atoms with van der Waals surface area (Å²) in [5.74, 6) is 1.27. The van der Waals surface area contributed by atoms with Crippen LogP contribution in [0.4, 0.5) is 5.95 Å². The maximum Gasteiger partial charge on any atom is 0.265 e. The Bertz CT molecular complexity index is 1380. The number of aryl methyl sites for hydroxylation is 1. The molecule has 188 valence electrons. The van der Waals surface area contributed by atoms with Gasteiger partial charge in [0.05, 0.1) is 18.8 Å². The number of aromatic nitrogens is 4. The fraction of sp³-hybridized carbons (Fsp3) is 0.346. The van der Waals surface area contributed by atoms with Gasteiger partial charge in [-0.05, 0) is 42.7 Å². The fourth-order valence-electron chi connectivity index (χ4n) is 4.03. The second kappa shape index (κ2) is 11.5. The van der Waals surface area contributed by atoms with Gasteiger partial charge in [-0.15, -0.1) is 10.2 Å². The van der Waals surface area contributed by atoms with Crippen molar-refractivity contribution in [2.45, 2.75) is 26.7 Å². The highest BCUT2D eigenvalue weighted by Gasteiger charge is 2.14. The molecule has 0 radical (unpaired) electrons. The van der Waals surface area contributed by atoms with Crippen molar-refractivity contribution in [1.29, 1.82) is 0 Å². The molecule has 1 N–H and O–H groups in total. The summed E-state index contributed by atoms with van der Waals surface area (Å²) in [6.07, 6.45) is 3.44. The molecule has 0 saturated carbocycles. The molecule has 10 heteroatoms. The quantitative estimate of drug-likeness (QED) is 0.251. The van der Waals surface area contributed by atoms with Crippen LogP contribution >= 0.6 is 0 Å². The summed E-state index contributed by atoms with van der Waals surface area (Å²) < 4.78 is 13.2. The van der Waals surface area contributed by atoms with Crippen molar-refractivity contribution < 1.29 is 14.3 Å². The number of carbonyl (C=O) groups excluding carboxylic acids is 1. The number of anilines is 1. The first-order valence-electron chi connectivity index (χ1n) is 12.0. The van der Waals surface area contributed by atoms with Crippen LogP contribution in [0.15, 0.2) is 47.6 Å². The number of hydrogen-bond donors (Lipinski definition) is 1. The van der Waals surface area contributed by atoms with Crippen LogP contribution < -0.4 is 14.9 Å². The number of carbonyl (C=O) groups is 1. The Morgan fingerprint density at radius 1 is 1.11 bits per heavy atom. The molecule has 0 bridgehead atoms. The molecule has 0 aliphatic rings. The minimum Gasteiger partial charge on any atom is -0.493 e. The number of rotatable bonds is 11. The van der Waals surface area contributed by atoms with Crippen LogP contribution in [0.5, 0.6) is 11.5 Å². The lowest BCUT2D eigenvalue weighted by atomic mass is 10.2. The molecule has 10 nitrogen and oxygen atoms in total. The average molecular weight is 490 g/mol. The van der Waals surface area contributed by atoms with Crippen molar-refractivity contribution in [1.82, 2.24) is 24.6 Å². The van der Waals surface area contributed by atoms with Crippen molar-refractivity contribution in [2.24, 2.45) is 12.1 Å². The van der Waals surface area contributed by atoms with E-state index in [1.807, 2.05) is 46.8 Å². The van der Waals surface area contributed by atoms with Gasteiger partial charge in [-0.1, -0.05) is 32.0 Å².